The van der Waals surface area contributed by atoms with E-state index in [1.54, 1.807) is 13.8 Å². The number of carbonyl (C=O) groups is 2. The van der Waals surface area contributed by atoms with Crippen molar-refractivity contribution in [1.29, 1.82) is 0 Å². The molecule has 0 aliphatic rings. The molecule has 1 aromatic carbocycles. The molecule has 5 heteroatoms. The van der Waals surface area contributed by atoms with E-state index in [4.69, 9.17) is 4.74 Å². The third-order valence-electron chi connectivity index (χ3n) is 4.19. The van der Waals surface area contributed by atoms with E-state index in [-0.39, 0.29) is 5.78 Å². The van der Waals surface area contributed by atoms with Crippen LogP contribution in [0.1, 0.15) is 51.5 Å². The Labute approximate surface area is 142 Å². The first kappa shape index (κ1) is 17.8. The Morgan fingerprint density at radius 2 is 2.00 bits per heavy atom. The minimum absolute atomic E-state index is 0.0901. The largest absolute Gasteiger partial charge is 0.465 e. The number of carbonyl (C=O) groups excluding carboxylic acids is 2. The van der Waals surface area contributed by atoms with E-state index in [0.29, 0.717) is 22.5 Å². The maximum Gasteiger partial charge on any atom is 0.339 e. The number of methoxy groups -OCH3 is 1. The van der Waals surface area contributed by atoms with Crippen molar-refractivity contribution in [3.63, 3.8) is 0 Å². The summed E-state index contributed by atoms with van der Waals surface area (Å²) in [6.45, 7) is 7.42. The second-order valence-corrected chi connectivity index (χ2v) is 5.90. The van der Waals surface area contributed by atoms with E-state index in [9.17, 15) is 9.59 Å². The van der Waals surface area contributed by atoms with Crippen molar-refractivity contribution < 1.29 is 14.3 Å². The monoisotopic (exact) mass is 328 g/mol. The smallest absolute Gasteiger partial charge is 0.339 e. The minimum atomic E-state index is -0.434. The van der Waals surface area contributed by atoms with Crippen molar-refractivity contribution in [2.24, 2.45) is 0 Å². The van der Waals surface area contributed by atoms with Crippen LogP contribution in [0.4, 0.5) is 5.69 Å². The van der Waals surface area contributed by atoms with Crippen LogP contribution in [-0.4, -0.2) is 29.9 Å². The molecule has 2 aromatic rings. The molecule has 0 saturated heterocycles. The van der Waals surface area contributed by atoms with Crippen molar-refractivity contribution in [3.8, 4) is 0 Å². The fourth-order valence-corrected chi connectivity index (χ4v) is 2.82. The van der Waals surface area contributed by atoms with Gasteiger partial charge >= 0.3 is 5.97 Å². The zero-order valence-electron chi connectivity index (χ0n) is 14.8. The Morgan fingerprint density at radius 3 is 2.62 bits per heavy atom. The average molecular weight is 328 g/mol. The van der Waals surface area contributed by atoms with Crippen molar-refractivity contribution in [2.75, 3.05) is 12.4 Å². The van der Waals surface area contributed by atoms with Gasteiger partial charge in [0.2, 0.25) is 5.78 Å². The molecule has 0 fully saturated rings. The van der Waals surface area contributed by atoms with Gasteiger partial charge in [-0.05, 0) is 50.5 Å². The Morgan fingerprint density at radius 1 is 1.29 bits per heavy atom. The molecule has 0 bridgehead atoms. The molecule has 1 atom stereocenters. The van der Waals surface area contributed by atoms with Crippen molar-refractivity contribution in [1.82, 2.24) is 4.98 Å². The summed E-state index contributed by atoms with van der Waals surface area (Å²) in [6, 6.07) is 7.59. The molecule has 2 rings (SSSR count). The number of anilines is 1. The van der Waals surface area contributed by atoms with E-state index < -0.39 is 12.0 Å². The third-order valence-corrected chi connectivity index (χ3v) is 4.19. The van der Waals surface area contributed by atoms with Crippen LogP contribution in [0.15, 0.2) is 24.3 Å². The number of hydrogen-bond donors (Lipinski definition) is 2. The molecule has 128 valence electrons. The molecule has 0 spiro atoms. The molecule has 1 heterocycles. The van der Waals surface area contributed by atoms with E-state index in [1.807, 2.05) is 25.1 Å². The highest BCUT2D eigenvalue weighted by molar-refractivity contribution is 6.04. The highest BCUT2D eigenvalue weighted by Gasteiger charge is 2.25. The summed E-state index contributed by atoms with van der Waals surface area (Å²) in [5.41, 5.74) is 4.26. The number of Topliss-reactive ketones (excluding diaryl/α,β-unsaturated/α-hetero) is 1. The molecule has 0 aliphatic carbocycles. The van der Waals surface area contributed by atoms with Crippen LogP contribution < -0.4 is 5.32 Å². The average Bonchev–Trinajstić information content (AvgIpc) is 2.88. The predicted octanol–water partition coefficient (Wildman–Crippen LogP) is 3.66. The van der Waals surface area contributed by atoms with Gasteiger partial charge in [-0.15, -0.1) is 0 Å². The standard InChI is InChI=1S/C19H24N2O3/c1-6-14-8-7-9-15(10-14)20-13(4)18(22)17-11(2)16(12(3)21-17)19(23)24-5/h7-10,13,20-21H,6H2,1-5H3/t13-/m1/s1. The van der Waals surface area contributed by atoms with Crippen molar-refractivity contribution >= 4 is 17.4 Å². The summed E-state index contributed by atoms with van der Waals surface area (Å²) in [7, 11) is 1.33. The van der Waals surface area contributed by atoms with E-state index in [2.05, 4.69) is 23.3 Å². The number of hydrogen-bond acceptors (Lipinski definition) is 4. The lowest BCUT2D eigenvalue weighted by Gasteiger charge is -2.15. The Kier molecular flexibility index (Phi) is 5.44. The first-order valence-corrected chi connectivity index (χ1v) is 8.06. The molecule has 24 heavy (non-hydrogen) atoms. The zero-order chi connectivity index (χ0) is 17.9. The van der Waals surface area contributed by atoms with Gasteiger partial charge in [-0.2, -0.15) is 0 Å². The summed E-state index contributed by atoms with van der Waals surface area (Å²) in [5, 5.41) is 3.23. The second-order valence-electron chi connectivity index (χ2n) is 5.90. The Hall–Kier alpha value is -2.56. The number of rotatable bonds is 6. The van der Waals surface area contributed by atoms with Gasteiger partial charge in [0.05, 0.1) is 24.4 Å². The number of ether oxygens (including phenoxy) is 1. The van der Waals surface area contributed by atoms with Gasteiger partial charge in [0.15, 0.2) is 0 Å². The molecule has 0 saturated carbocycles. The van der Waals surface area contributed by atoms with Crippen molar-refractivity contribution in [2.45, 2.75) is 40.2 Å². The SMILES string of the molecule is CCc1cccc(N[C@H](C)C(=O)c2[nH]c(C)c(C(=O)OC)c2C)c1. The van der Waals surface area contributed by atoms with E-state index in [0.717, 1.165) is 12.1 Å². The summed E-state index contributed by atoms with van der Waals surface area (Å²) >= 11 is 0. The molecular formula is C19H24N2O3. The van der Waals surface area contributed by atoms with Crippen LogP contribution in [0.5, 0.6) is 0 Å². The molecular weight excluding hydrogens is 304 g/mol. The normalized spacial score (nSPS) is 11.9. The van der Waals surface area contributed by atoms with Gasteiger partial charge in [-0.1, -0.05) is 19.1 Å². The Bertz CT molecular complexity index is 762. The number of ketones is 1. The van der Waals surface area contributed by atoms with Crippen LogP contribution in [0, 0.1) is 13.8 Å². The maximum absolute atomic E-state index is 12.8. The molecule has 5 nitrogen and oxygen atoms in total. The van der Waals surface area contributed by atoms with E-state index in [1.165, 1.54) is 12.7 Å². The molecule has 0 amide bonds. The fourth-order valence-electron chi connectivity index (χ4n) is 2.82. The number of esters is 1. The number of aromatic nitrogens is 1. The lowest BCUT2D eigenvalue weighted by molar-refractivity contribution is 0.0599. The second kappa shape index (κ2) is 7.34. The van der Waals surface area contributed by atoms with Crippen LogP contribution in [-0.2, 0) is 11.2 Å². The lowest BCUT2D eigenvalue weighted by Crippen LogP contribution is -2.27. The first-order chi connectivity index (χ1) is 11.4. The molecule has 0 aliphatic heterocycles. The summed E-state index contributed by atoms with van der Waals surface area (Å²) < 4.78 is 4.79. The zero-order valence-corrected chi connectivity index (χ0v) is 14.8. The van der Waals surface area contributed by atoms with Gasteiger partial charge in [-0.3, -0.25) is 4.79 Å². The summed E-state index contributed by atoms with van der Waals surface area (Å²) in [4.78, 5) is 27.6. The number of aryl methyl sites for hydroxylation is 2. The van der Waals surface area contributed by atoms with Gasteiger partial charge in [0, 0.05) is 11.4 Å². The van der Waals surface area contributed by atoms with Crippen LogP contribution in [0.3, 0.4) is 0 Å². The van der Waals surface area contributed by atoms with Gasteiger partial charge < -0.3 is 15.0 Å². The van der Waals surface area contributed by atoms with Crippen molar-refractivity contribution in [3.05, 3.63) is 52.3 Å². The fraction of sp³-hybridized carbons (Fsp3) is 0.368. The number of H-pyrrole nitrogens is 1. The number of aromatic amines is 1. The number of nitrogens with one attached hydrogen (secondary N) is 2. The van der Waals surface area contributed by atoms with Crippen LogP contribution >= 0.6 is 0 Å². The molecule has 0 unspecified atom stereocenters. The first-order valence-electron chi connectivity index (χ1n) is 8.06. The maximum atomic E-state index is 12.8. The lowest BCUT2D eigenvalue weighted by atomic mass is 10.0. The van der Waals surface area contributed by atoms with Gasteiger partial charge in [0.25, 0.3) is 0 Å². The molecule has 1 aromatic heterocycles. The summed E-state index contributed by atoms with van der Waals surface area (Å²) in [6.07, 6.45) is 0.940. The quantitative estimate of drug-likeness (QED) is 0.627. The van der Waals surface area contributed by atoms with Gasteiger partial charge in [-0.25, -0.2) is 4.79 Å². The minimum Gasteiger partial charge on any atom is -0.465 e. The van der Waals surface area contributed by atoms with Crippen LogP contribution in [0.25, 0.3) is 0 Å². The van der Waals surface area contributed by atoms with Crippen LogP contribution in [0.2, 0.25) is 0 Å². The topological polar surface area (TPSA) is 71.2 Å². The number of benzene rings is 1. The third kappa shape index (κ3) is 3.50. The molecule has 2 N–H and O–H groups in total. The highest BCUT2D eigenvalue weighted by atomic mass is 16.5. The van der Waals surface area contributed by atoms with E-state index >= 15 is 0 Å². The summed E-state index contributed by atoms with van der Waals surface area (Å²) in [5.74, 6) is -0.524. The van der Waals surface area contributed by atoms with Gasteiger partial charge in [0.1, 0.15) is 0 Å². The Balaban J connectivity index is 2.23. The highest BCUT2D eigenvalue weighted by Crippen LogP contribution is 2.21. The molecule has 0 radical (unpaired) electrons. The predicted molar refractivity (Wildman–Crippen MR) is 94.8 cm³/mol.